The van der Waals surface area contributed by atoms with Crippen molar-refractivity contribution in [2.45, 2.75) is 18.9 Å². The maximum absolute atomic E-state index is 12.4. The topological polar surface area (TPSA) is 54.9 Å². The molecular formula is C16H12ClN3OS. The van der Waals surface area contributed by atoms with Gasteiger partial charge in [-0.15, -0.1) is 11.3 Å². The van der Waals surface area contributed by atoms with E-state index < -0.39 is 0 Å². The van der Waals surface area contributed by atoms with Crippen molar-refractivity contribution in [3.8, 4) is 10.6 Å². The van der Waals surface area contributed by atoms with Crippen LogP contribution in [0.5, 0.6) is 0 Å². The summed E-state index contributed by atoms with van der Waals surface area (Å²) in [6, 6.07) is 8.10. The second kappa shape index (κ2) is 5.34. The van der Waals surface area contributed by atoms with E-state index in [9.17, 15) is 4.79 Å². The van der Waals surface area contributed by atoms with Gasteiger partial charge in [0.05, 0.1) is 9.90 Å². The first-order valence-corrected chi connectivity index (χ1v) is 8.21. The van der Waals surface area contributed by atoms with Crippen molar-refractivity contribution in [1.82, 2.24) is 15.3 Å². The summed E-state index contributed by atoms with van der Waals surface area (Å²) in [5, 5.41) is 4.49. The van der Waals surface area contributed by atoms with Gasteiger partial charge in [-0.05, 0) is 31.0 Å². The lowest BCUT2D eigenvalue weighted by molar-refractivity contribution is 0.0953. The van der Waals surface area contributed by atoms with Crippen molar-refractivity contribution in [2.75, 3.05) is 0 Å². The molecule has 110 valence electrons. The van der Waals surface area contributed by atoms with Crippen LogP contribution in [0.3, 0.4) is 0 Å². The number of amides is 1. The second-order valence-electron chi connectivity index (χ2n) is 5.30. The molecule has 0 saturated heterocycles. The smallest absolute Gasteiger partial charge is 0.252 e. The largest absolute Gasteiger partial charge is 0.349 e. The Morgan fingerprint density at radius 3 is 3.00 bits per heavy atom. The number of nitrogens with zero attached hydrogens (tertiary/aromatic N) is 2. The van der Waals surface area contributed by atoms with Crippen molar-refractivity contribution in [1.29, 1.82) is 0 Å². The van der Waals surface area contributed by atoms with E-state index in [-0.39, 0.29) is 5.91 Å². The fraction of sp³-hybridized carbons (Fsp3) is 0.188. The number of aromatic nitrogens is 2. The minimum absolute atomic E-state index is 0.00812. The minimum Gasteiger partial charge on any atom is -0.349 e. The maximum atomic E-state index is 12.4. The molecule has 0 atom stereocenters. The number of benzene rings is 1. The standard InChI is InChI=1S/C16H12ClN3OS/c17-12-7-18-8-19-15(12)14-6-11-10(2-1-3-13(11)22-14)16(21)20-9-4-5-9/h1-3,6-9H,4-5H2,(H,20,21). The maximum Gasteiger partial charge on any atom is 0.252 e. The van der Waals surface area contributed by atoms with Gasteiger partial charge in [0, 0.05) is 27.9 Å². The Bertz CT molecular complexity index is 873. The van der Waals surface area contributed by atoms with Crippen molar-refractivity contribution in [3.05, 3.63) is 47.4 Å². The van der Waals surface area contributed by atoms with Crippen LogP contribution in [0.2, 0.25) is 5.02 Å². The molecule has 3 aromatic rings. The van der Waals surface area contributed by atoms with Crippen molar-refractivity contribution >= 4 is 38.9 Å². The molecule has 2 aromatic heterocycles. The van der Waals surface area contributed by atoms with E-state index in [1.807, 2.05) is 24.3 Å². The van der Waals surface area contributed by atoms with Crippen molar-refractivity contribution in [2.24, 2.45) is 0 Å². The van der Waals surface area contributed by atoms with Crippen molar-refractivity contribution in [3.63, 3.8) is 0 Å². The molecule has 1 amide bonds. The predicted molar refractivity (Wildman–Crippen MR) is 88.3 cm³/mol. The van der Waals surface area contributed by atoms with Crippen LogP contribution in [0.25, 0.3) is 20.7 Å². The summed E-state index contributed by atoms with van der Waals surface area (Å²) in [6.07, 6.45) is 5.21. The highest BCUT2D eigenvalue weighted by Gasteiger charge is 2.25. The molecule has 4 rings (SSSR count). The van der Waals surface area contributed by atoms with E-state index in [2.05, 4.69) is 15.3 Å². The van der Waals surface area contributed by atoms with Gasteiger partial charge in [-0.1, -0.05) is 17.7 Å². The lowest BCUT2D eigenvalue weighted by Gasteiger charge is -2.04. The van der Waals surface area contributed by atoms with E-state index in [1.54, 1.807) is 17.5 Å². The zero-order valence-corrected chi connectivity index (χ0v) is 13.1. The number of rotatable bonds is 3. The monoisotopic (exact) mass is 329 g/mol. The molecule has 0 spiro atoms. The average Bonchev–Trinajstić information content (AvgIpc) is 3.22. The first kappa shape index (κ1) is 13.7. The number of halogens is 1. The van der Waals surface area contributed by atoms with E-state index >= 15 is 0 Å². The SMILES string of the molecule is O=C(NC1CC1)c1cccc2sc(-c3ncncc3Cl)cc12. The summed E-state index contributed by atoms with van der Waals surface area (Å²) in [6.45, 7) is 0. The molecule has 0 aliphatic heterocycles. The molecule has 0 bridgehead atoms. The number of carbonyl (C=O) groups excluding carboxylic acids is 1. The summed E-state index contributed by atoms with van der Waals surface area (Å²) in [7, 11) is 0. The Labute approximate surface area is 136 Å². The number of carbonyl (C=O) groups is 1. The molecular weight excluding hydrogens is 318 g/mol. The number of hydrogen-bond acceptors (Lipinski definition) is 4. The van der Waals surface area contributed by atoms with E-state index in [1.165, 1.54) is 6.33 Å². The zero-order valence-electron chi connectivity index (χ0n) is 11.5. The van der Waals surface area contributed by atoms with Gasteiger partial charge in [0.15, 0.2) is 0 Å². The molecule has 1 aromatic carbocycles. The van der Waals surface area contributed by atoms with Crippen molar-refractivity contribution < 1.29 is 4.79 Å². The van der Waals surface area contributed by atoms with Gasteiger partial charge in [0.25, 0.3) is 5.91 Å². The van der Waals surface area contributed by atoms with Gasteiger partial charge in [0.2, 0.25) is 0 Å². The fourth-order valence-corrected chi connectivity index (χ4v) is 3.72. The first-order valence-electron chi connectivity index (χ1n) is 7.01. The summed E-state index contributed by atoms with van der Waals surface area (Å²) in [5.74, 6) is -0.00812. The highest BCUT2D eigenvalue weighted by molar-refractivity contribution is 7.22. The van der Waals surface area contributed by atoms with Crippen LogP contribution in [0.4, 0.5) is 0 Å². The molecule has 22 heavy (non-hydrogen) atoms. The normalized spacial score (nSPS) is 14.2. The van der Waals surface area contributed by atoms with Crippen LogP contribution < -0.4 is 5.32 Å². The van der Waals surface area contributed by atoms with Crippen LogP contribution in [0, 0.1) is 0 Å². The second-order valence-corrected chi connectivity index (χ2v) is 6.79. The lowest BCUT2D eigenvalue weighted by atomic mass is 10.1. The van der Waals surface area contributed by atoms with Gasteiger partial charge in [-0.25, -0.2) is 9.97 Å². The third-order valence-corrected chi connectivity index (χ3v) is 5.00. The van der Waals surface area contributed by atoms with Gasteiger partial charge in [0.1, 0.15) is 12.0 Å². The Balaban J connectivity index is 1.80. The lowest BCUT2D eigenvalue weighted by Crippen LogP contribution is -2.25. The summed E-state index contributed by atoms with van der Waals surface area (Å²) in [5.41, 5.74) is 1.41. The molecule has 0 unspecified atom stereocenters. The molecule has 1 aliphatic carbocycles. The molecule has 4 nitrogen and oxygen atoms in total. The van der Waals surface area contributed by atoms with Gasteiger partial charge >= 0.3 is 0 Å². The molecule has 6 heteroatoms. The number of hydrogen-bond donors (Lipinski definition) is 1. The quantitative estimate of drug-likeness (QED) is 0.792. The third kappa shape index (κ3) is 2.46. The molecule has 1 N–H and O–H groups in total. The van der Waals surface area contributed by atoms with Gasteiger partial charge < -0.3 is 5.32 Å². The van der Waals surface area contributed by atoms with Gasteiger partial charge in [-0.2, -0.15) is 0 Å². The molecule has 1 aliphatic rings. The predicted octanol–water partition coefficient (Wildman–Crippen LogP) is 3.90. The summed E-state index contributed by atoms with van der Waals surface area (Å²) >= 11 is 7.74. The first-order chi connectivity index (χ1) is 10.7. The van der Waals surface area contributed by atoms with E-state index in [4.69, 9.17) is 11.6 Å². The number of fused-ring (bicyclic) bond motifs is 1. The highest BCUT2D eigenvalue weighted by Crippen LogP contribution is 2.36. The summed E-state index contributed by atoms with van der Waals surface area (Å²) < 4.78 is 1.05. The van der Waals surface area contributed by atoms with Crippen LogP contribution in [-0.4, -0.2) is 21.9 Å². The minimum atomic E-state index is -0.00812. The van der Waals surface area contributed by atoms with Crippen LogP contribution in [-0.2, 0) is 0 Å². The zero-order chi connectivity index (χ0) is 15.1. The highest BCUT2D eigenvalue weighted by atomic mass is 35.5. The Morgan fingerprint density at radius 2 is 2.23 bits per heavy atom. The van der Waals surface area contributed by atoms with Gasteiger partial charge in [-0.3, -0.25) is 4.79 Å². The molecule has 1 fully saturated rings. The number of thiophene rings is 1. The Hall–Kier alpha value is -1.98. The molecule has 2 heterocycles. The number of nitrogens with one attached hydrogen (secondary N) is 1. The summed E-state index contributed by atoms with van der Waals surface area (Å²) in [4.78, 5) is 21.5. The van der Waals surface area contributed by atoms with Crippen LogP contribution in [0.1, 0.15) is 23.2 Å². The van der Waals surface area contributed by atoms with E-state index in [0.29, 0.717) is 22.3 Å². The Morgan fingerprint density at radius 1 is 1.36 bits per heavy atom. The average molecular weight is 330 g/mol. The van der Waals surface area contributed by atoms with E-state index in [0.717, 1.165) is 27.8 Å². The Kier molecular flexibility index (Phi) is 3.32. The third-order valence-electron chi connectivity index (χ3n) is 3.62. The fourth-order valence-electron chi connectivity index (χ4n) is 2.36. The molecule has 0 radical (unpaired) electrons. The van der Waals surface area contributed by atoms with Crippen LogP contribution >= 0.6 is 22.9 Å². The van der Waals surface area contributed by atoms with Crippen LogP contribution in [0.15, 0.2) is 36.8 Å². The molecule has 1 saturated carbocycles.